The van der Waals surface area contributed by atoms with Gasteiger partial charge in [0.05, 0.1) is 5.92 Å². The van der Waals surface area contributed by atoms with Crippen molar-refractivity contribution in [1.82, 2.24) is 4.90 Å². The van der Waals surface area contributed by atoms with Crippen LogP contribution in [-0.4, -0.2) is 37.6 Å². The number of hydrogen-bond acceptors (Lipinski definition) is 3. The van der Waals surface area contributed by atoms with E-state index in [0.29, 0.717) is 5.92 Å². The molecule has 1 aliphatic heterocycles. The maximum atomic E-state index is 12.2. The van der Waals surface area contributed by atoms with Gasteiger partial charge in [0.1, 0.15) is 6.10 Å². The van der Waals surface area contributed by atoms with Gasteiger partial charge in [0, 0.05) is 12.5 Å². The smallest absolute Gasteiger partial charge is 0.311 e. The van der Waals surface area contributed by atoms with Gasteiger partial charge in [-0.25, -0.2) is 0 Å². The Morgan fingerprint density at radius 1 is 1.25 bits per heavy atom. The number of fused-ring (bicyclic) bond motifs is 1. The Kier molecular flexibility index (Phi) is 5.03. The number of rotatable bonds is 2. The van der Waals surface area contributed by atoms with Crippen LogP contribution in [0, 0.1) is 11.8 Å². The molecule has 0 radical (unpaired) electrons. The van der Waals surface area contributed by atoms with Gasteiger partial charge in [0.2, 0.25) is 0 Å². The van der Waals surface area contributed by atoms with Gasteiger partial charge in [0.15, 0.2) is 0 Å². The van der Waals surface area contributed by atoms with Crippen molar-refractivity contribution in [1.29, 1.82) is 0 Å². The highest BCUT2D eigenvalue weighted by Crippen LogP contribution is 2.35. The van der Waals surface area contributed by atoms with Crippen LogP contribution in [0.2, 0.25) is 0 Å². The molecule has 1 heterocycles. The van der Waals surface area contributed by atoms with Gasteiger partial charge in [-0.05, 0) is 59.7 Å². The SMILES string of the molecule is C/C1=C\[C@H]2OC(=O)[C@@H](CN(C)C)[C@@H]2CC/C(C)=C/CC1. The van der Waals surface area contributed by atoms with E-state index >= 15 is 0 Å². The van der Waals surface area contributed by atoms with E-state index in [4.69, 9.17) is 4.74 Å². The maximum Gasteiger partial charge on any atom is 0.311 e. The Bertz CT molecular complexity index is 423. The fourth-order valence-electron chi connectivity index (χ4n) is 3.25. The van der Waals surface area contributed by atoms with E-state index in [2.05, 4.69) is 30.9 Å². The average Bonchev–Trinajstić information content (AvgIpc) is 2.62. The minimum absolute atomic E-state index is 0.0152. The molecule has 3 atom stereocenters. The molecule has 1 aliphatic carbocycles. The minimum atomic E-state index is -0.0154. The highest BCUT2D eigenvalue weighted by molar-refractivity contribution is 5.76. The first kappa shape index (κ1) is 15.3. The summed E-state index contributed by atoms with van der Waals surface area (Å²) in [7, 11) is 4.04. The summed E-state index contributed by atoms with van der Waals surface area (Å²) in [6.45, 7) is 5.14. The predicted octanol–water partition coefficient (Wildman–Crippen LogP) is 3.17. The number of ether oxygens (including phenoxy) is 1. The van der Waals surface area contributed by atoms with Gasteiger partial charge < -0.3 is 9.64 Å². The second-order valence-electron chi connectivity index (χ2n) is 6.57. The molecule has 3 heteroatoms. The highest BCUT2D eigenvalue weighted by Gasteiger charge is 2.43. The van der Waals surface area contributed by atoms with Crippen LogP contribution >= 0.6 is 0 Å². The van der Waals surface area contributed by atoms with Crippen molar-refractivity contribution < 1.29 is 9.53 Å². The first-order chi connectivity index (χ1) is 9.47. The Morgan fingerprint density at radius 3 is 2.70 bits per heavy atom. The lowest BCUT2D eigenvalue weighted by Gasteiger charge is -2.22. The van der Waals surface area contributed by atoms with Gasteiger partial charge >= 0.3 is 5.97 Å². The molecule has 3 nitrogen and oxygen atoms in total. The molecule has 0 bridgehead atoms. The van der Waals surface area contributed by atoms with Crippen molar-refractivity contribution in [2.75, 3.05) is 20.6 Å². The first-order valence-corrected chi connectivity index (χ1v) is 7.65. The van der Waals surface area contributed by atoms with Crippen LogP contribution in [0.4, 0.5) is 0 Å². The summed E-state index contributed by atoms with van der Waals surface area (Å²) in [4.78, 5) is 14.3. The normalized spacial score (nSPS) is 36.6. The van der Waals surface area contributed by atoms with E-state index < -0.39 is 0 Å². The van der Waals surface area contributed by atoms with E-state index in [1.54, 1.807) is 0 Å². The van der Waals surface area contributed by atoms with E-state index in [1.165, 1.54) is 11.1 Å². The molecule has 0 aromatic carbocycles. The lowest BCUT2D eigenvalue weighted by Crippen LogP contribution is -2.30. The fraction of sp³-hybridized carbons (Fsp3) is 0.706. The van der Waals surface area contributed by atoms with Crippen molar-refractivity contribution in [2.24, 2.45) is 11.8 Å². The number of carbonyl (C=O) groups is 1. The second kappa shape index (κ2) is 6.57. The standard InChI is InChI=1S/C17H27NO2/c1-12-6-5-7-13(2)10-16-14(9-8-12)15(11-18(3)4)17(19)20-16/h6,10,14-16H,5,7-9,11H2,1-4H3/b12-6+,13-10+/t14-,15-,16+/m0/s1. The maximum absolute atomic E-state index is 12.2. The van der Waals surface area contributed by atoms with Crippen molar-refractivity contribution in [3.05, 3.63) is 23.3 Å². The molecule has 0 aromatic heterocycles. The largest absolute Gasteiger partial charge is 0.458 e. The first-order valence-electron chi connectivity index (χ1n) is 7.65. The molecule has 112 valence electrons. The predicted molar refractivity (Wildman–Crippen MR) is 81.4 cm³/mol. The summed E-state index contributed by atoms with van der Waals surface area (Å²) < 4.78 is 5.65. The van der Waals surface area contributed by atoms with Gasteiger partial charge in [0.25, 0.3) is 0 Å². The van der Waals surface area contributed by atoms with Crippen molar-refractivity contribution in [3.8, 4) is 0 Å². The number of hydrogen-bond donors (Lipinski definition) is 0. The van der Waals surface area contributed by atoms with Crippen LogP contribution < -0.4 is 0 Å². The lowest BCUT2D eigenvalue weighted by molar-refractivity contribution is -0.143. The zero-order chi connectivity index (χ0) is 14.7. The second-order valence-corrected chi connectivity index (χ2v) is 6.57. The van der Waals surface area contributed by atoms with E-state index in [1.807, 2.05) is 14.1 Å². The molecule has 0 aromatic rings. The number of carbonyl (C=O) groups excluding carboxylic acids is 1. The van der Waals surface area contributed by atoms with Crippen LogP contribution in [0.3, 0.4) is 0 Å². The molecule has 2 rings (SSSR count). The van der Waals surface area contributed by atoms with Crippen LogP contribution in [0.1, 0.15) is 39.5 Å². The Morgan fingerprint density at radius 2 is 2.00 bits per heavy atom. The molecule has 0 saturated carbocycles. The van der Waals surface area contributed by atoms with E-state index in [9.17, 15) is 4.79 Å². The third-order valence-corrected chi connectivity index (χ3v) is 4.41. The summed E-state index contributed by atoms with van der Waals surface area (Å²) in [5.41, 5.74) is 2.78. The Labute approximate surface area is 122 Å². The fourth-order valence-corrected chi connectivity index (χ4v) is 3.25. The molecule has 0 amide bonds. The van der Waals surface area contributed by atoms with Crippen molar-refractivity contribution >= 4 is 5.97 Å². The number of nitrogens with zero attached hydrogens (tertiary/aromatic N) is 1. The third kappa shape index (κ3) is 3.72. The number of esters is 1. The Hall–Kier alpha value is -1.09. The molecule has 0 spiro atoms. The lowest BCUT2D eigenvalue weighted by atomic mass is 9.83. The molecule has 0 N–H and O–H groups in total. The van der Waals surface area contributed by atoms with Crippen LogP contribution in [0.15, 0.2) is 23.3 Å². The molecule has 2 aliphatic rings. The molecule has 1 saturated heterocycles. The summed E-state index contributed by atoms with van der Waals surface area (Å²) >= 11 is 0. The van der Waals surface area contributed by atoms with Crippen LogP contribution in [0.5, 0.6) is 0 Å². The molecular weight excluding hydrogens is 250 g/mol. The van der Waals surface area contributed by atoms with E-state index in [-0.39, 0.29) is 18.0 Å². The topological polar surface area (TPSA) is 29.5 Å². The monoisotopic (exact) mass is 277 g/mol. The molecular formula is C17H27NO2. The van der Waals surface area contributed by atoms with Gasteiger partial charge in [-0.15, -0.1) is 0 Å². The van der Waals surface area contributed by atoms with Gasteiger partial charge in [-0.3, -0.25) is 4.79 Å². The third-order valence-electron chi connectivity index (χ3n) is 4.41. The molecule has 1 fully saturated rings. The van der Waals surface area contributed by atoms with Crippen LogP contribution in [-0.2, 0) is 9.53 Å². The number of allylic oxidation sites excluding steroid dienone is 3. The van der Waals surface area contributed by atoms with Crippen molar-refractivity contribution in [3.63, 3.8) is 0 Å². The summed E-state index contributed by atoms with van der Waals surface area (Å²) in [5, 5.41) is 0. The zero-order valence-corrected chi connectivity index (χ0v) is 13.2. The van der Waals surface area contributed by atoms with E-state index in [0.717, 1.165) is 32.2 Å². The quantitative estimate of drug-likeness (QED) is 0.573. The summed E-state index contributed by atoms with van der Waals surface area (Å²) in [6.07, 6.45) is 8.80. The molecule has 0 unspecified atom stereocenters. The summed E-state index contributed by atoms with van der Waals surface area (Å²) in [5.74, 6) is 0.325. The minimum Gasteiger partial charge on any atom is -0.458 e. The van der Waals surface area contributed by atoms with Gasteiger partial charge in [-0.1, -0.05) is 17.2 Å². The van der Waals surface area contributed by atoms with Crippen LogP contribution in [0.25, 0.3) is 0 Å². The average molecular weight is 277 g/mol. The Balaban J connectivity index is 2.21. The highest BCUT2D eigenvalue weighted by atomic mass is 16.6. The van der Waals surface area contributed by atoms with Crippen molar-refractivity contribution in [2.45, 2.75) is 45.6 Å². The molecule has 20 heavy (non-hydrogen) atoms. The summed E-state index contributed by atoms with van der Waals surface area (Å²) in [6, 6.07) is 0. The zero-order valence-electron chi connectivity index (χ0n) is 13.2. The van der Waals surface area contributed by atoms with Gasteiger partial charge in [-0.2, -0.15) is 0 Å².